The van der Waals surface area contributed by atoms with E-state index >= 15 is 0 Å². The molecule has 41 heavy (non-hydrogen) atoms. The van der Waals surface area contributed by atoms with Crippen LogP contribution in [0.5, 0.6) is 5.75 Å². The van der Waals surface area contributed by atoms with E-state index in [-0.39, 0.29) is 6.04 Å². The smallest absolute Gasteiger partial charge is 0.419 e. The molecule has 1 spiro atoms. The first-order valence-corrected chi connectivity index (χ1v) is 14.3. The van der Waals surface area contributed by atoms with Gasteiger partial charge in [-0.1, -0.05) is 6.07 Å². The molecule has 0 unspecified atom stereocenters. The number of hydrogen-bond acceptors (Lipinski definition) is 8. The Labute approximate surface area is 242 Å². The molecule has 1 aliphatic heterocycles. The van der Waals surface area contributed by atoms with Gasteiger partial charge in [-0.15, -0.1) is 0 Å². The zero-order chi connectivity index (χ0) is 29.7. The van der Waals surface area contributed by atoms with E-state index < -0.39 is 17.7 Å². The third kappa shape index (κ3) is 5.64. The number of ether oxygens (including phenoxy) is 3. The summed E-state index contributed by atoms with van der Waals surface area (Å²) in [6.07, 6.45) is 6.07. The van der Waals surface area contributed by atoms with Gasteiger partial charge in [-0.25, -0.2) is 14.6 Å². The summed E-state index contributed by atoms with van der Waals surface area (Å²) in [7, 11) is 6.98. The van der Waals surface area contributed by atoms with Crippen LogP contribution in [0.4, 0.5) is 10.6 Å². The molecule has 3 aromatic rings. The maximum Gasteiger partial charge on any atom is 0.419 e. The summed E-state index contributed by atoms with van der Waals surface area (Å²) in [5.74, 6) is 1.13. The minimum Gasteiger partial charge on any atom is -0.496 e. The number of hydrogen-bond donors (Lipinski definition) is 0. The third-order valence-corrected chi connectivity index (χ3v) is 8.44. The van der Waals surface area contributed by atoms with Crippen LogP contribution < -0.4 is 9.64 Å². The highest BCUT2D eigenvalue weighted by atomic mass is 16.6. The van der Waals surface area contributed by atoms with Crippen LogP contribution in [0.25, 0.3) is 10.9 Å². The van der Waals surface area contributed by atoms with E-state index in [1.807, 2.05) is 64.9 Å². The number of likely N-dealkylation sites (tertiary alicyclic amines) is 1. The van der Waals surface area contributed by atoms with Crippen LogP contribution >= 0.6 is 0 Å². The molecule has 1 saturated heterocycles. The molecule has 2 aliphatic rings. The molecule has 2 aromatic heterocycles. The first kappa shape index (κ1) is 28.9. The standard InChI is InChI=1S/C32H42N4O5/c1-20-17-26(39-7)23(21-11-15-36(27(20)21)30(38)41-31(2,3)4)19-35-16-14-32(12-13-32)18-25(35)22-9-10-24(29(37)40-8)33-28(22)34(5)6/h9-11,15,17,25H,12-14,16,18-19H2,1-8H3/t25-/m0/s1. The zero-order valence-corrected chi connectivity index (χ0v) is 25.5. The fourth-order valence-corrected chi connectivity index (χ4v) is 6.18. The Bertz CT molecular complexity index is 1480. The summed E-state index contributed by atoms with van der Waals surface area (Å²) in [4.78, 5) is 34.6. The van der Waals surface area contributed by atoms with E-state index in [0.29, 0.717) is 17.7 Å². The number of esters is 1. The Balaban J connectivity index is 1.57. The summed E-state index contributed by atoms with van der Waals surface area (Å²) in [5, 5.41) is 0.977. The van der Waals surface area contributed by atoms with Gasteiger partial charge in [0.25, 0.3) is 0 Å². The van der Waals surface area contributed by atoms with Crippen LogP contribution in [0.2, 0.25) is 0 Å². The molecular formula is C32H42N4O5. The highest BCUT2D eigenvalue weighted by Gasteiger charge is 2.49. The van der Waals surface area contributed by atoms with Crippen molar-refractivity contribution in [2.75, 3.05) is 39.8 Å². The van der Waals surface area contributed by atoms with Gasteiger partial charge in [0, 0.05) is 49.4 Å². The van der Waals surface area contributed by atoms with Gasteiger partial charge in [0.05, 0.1) is 19.7 Å². The molecule has 0 N–H and O–H groups in total. The topological polar surface area (TPSA) is 86.1 Å². The predicted octanol–water partition coefficient (Wildman–Crippen LogP) is 6.11. The van der Waals surface area contributed by atoms with E-state index in [2.05, 4.69) is 4.90 Å². The summed E-state index contributed by atoms with van der Waals surface area (Å²) in [6.45, 7) is 9.18. The van der Waals surface area contributed by atoms with Crippen LogP contribution in [-0.2, 0) is 16.0 Å². The van der Waals surface area contributed by atoms with Gasteiger partial charge in [-0.3, -0.25) is 9.47 Å². The average Bonchev–Trinajstić information content (AvgIpc) is 3.51. The number of anilines is 1. The van der Waals surface area contributed by atoms with E-state index in [0.717, 1.165) is 58.5 Å². The Morgan fingerprint density at radius 3 is 2.46 bits per heavy atom. The van der Waals surface area contributed by atoms with Gasteiger partial charge in [-0.05, 0) is 89.1 Å². The van der Waals surface area contributed by atoms with Crippen LogP contribution in [0.1, 0.15) is 79.7 Å². The lowest BCUT2D eigenvalue weighted by molar-refractivity contribution is 0.0542. The number of carbonyl (C=O) groups excluding carboxylic acids is 2. The lowest BCUT2D eigenvalue weighted by Crippen LogP contribution is -2.38. The lowest BCUT2D eigenvalue weighted by Gasteiger charge is -2.41. The molecule has 3 heterocycles. The Morgan fingerprint density at radius 1 is 1.12 bits per heavy atom. The summed E-state index contributed by atoms with van der Waals surface area (Å²) in [6, 6.07) is 7.92. The number of carbonyl (C=O) groups is 2. The molecular weight excluding hydrogens is 520 g/mol. The molecule has 9 heteroatoms. The van der Waals surface area contributed by atoms with Gasteiger partial charge in [0.15, 0.2) is 5.69 Å². The van der Waals surface area contributed by atoms with E-state index in [9.17, 15) is 9.59 Å². The minimum absolute atomic E-state index is 0.108. The van der Waals surface area contributed by atoms with Crippen molar-refractivity contribution in [1.82, 2.24) is 14.5 Å². The van der Waals surface area contributed by atoms with Gasteiger partial charge < -0.3 is 19.1 Å². The summed E-state index contributed by atoms with van der Waals surface area (Å²) in [5.41, 5.74) is 3.99. The average molecular weight is 563 g/mol. The Kier molecular flexibility index (Phi) is 7.53. The monoisotopic (exact) mass is 562 g/mol. The number of aromatic nitrogens is 2. The predicted molar refractivity (Wildman–Crippen MR) is 159 cm³/mol. The van der Waals surface area contributed by atoms with Gasteiger partial charge in [0.1, 0.15) is 17.2 Å². The summed E-state index contributed by atoms with van der Waals surface area (Å²) < 4.78 is 18.2. The maximum absolute atomic E-state index is 13.1. The summed E-state index contributed by atoms with van der Waals surface area (Å²) >= 11 is 0. The minimum atomic E-state index is -0.599. The van der Waals surface area contributed by atoms with Gasteiger partial charge >= 0.3 is 12.1 Å². The van der Waals surface area contributed by atoms with Crippen molar-refractivity contribution in [2.45, 2.75) is 71.6 Å². The number of methoxy groups -OCH3 is 2. The van der Waals surface area contributed by atoms with Crippen LogP contribution in [0.15, 0.2) is 30.5 Å². The zero-order valence-electron chi connectivity index (χ0n) is 25.5. The number of rotatable bonds is 6. The molecule has 1 atom stereocenters. The number of benzene rings is 1. The quantitative estimate of drug-likeness (QED) is 0.333. The van der Waals surface area contributed by atoms with Crippen molar-refractivity contribution < 1.29 is 23.8 Å². The van der Waals surface area contributed by atoms with Gasteiger partial charge in [0.2, 0.25) is 0 Å². The number of fused-ring (bicyclic) bond motifs is 1. The molecule has 220 valence electrons. The largest absolute Gasteiger partial charge is 0.496 e. The van der Waals surface area contributed by atoms with E-state index in [4.69, 9.17) is 19.2 Å². The molecule has 0 amide bonds. The molecule has 5 rings (SSSR count). The third-order valence-electron chi connectivity index (χ3n) is 8.44. The van der Waals surface area contributed by atoms with Crippen molar-refractivity contribution in [3.8, 4) is 5.75 Å². The fraction of sp³-hybridized carbons (Fsp3) is 0.531. The van der Waals surface area contributed by atoms with Crippen molar-refractivity contribution in [3.05, 3.63) is 52.8 Å². The normalized spacial score (nSPS) is 18.4. The van der Waals surface area contributed by atoms with Crippen LogP contribution in [-0.4, -0.2) is 67.0 Å². The van der Waals surface area contributed by atoms with Crippen LogP contribution in [0.3, 0.4) is 0 Å². The number of nitrogens with zero attached hydrogens (tertiary/aromatic N) is 4. The number of aryl methyl sites for hydroxylation is 1. The van der Waals surface area contributed by atoms with Crippen molar-refractivity contribution in [2.24, 2.45) is 5.41 Å². The molecule has 0 radical (unpaired) electrons. The highest BCUT2D eigenvalue weighted by molar-refractivity contribution is 5.95. The molecule has 1 saturated carbocycles. The second-order valence-electron chi connectivity index (χ2n) is 12.7. The van der Waals surface area contributed by atoms with E-state index in [1.165, 1.54) is 20.0 Å². The van der Waals surface area contributed by atoms with E-state index in [1.54, 1.807) is 23.9 Å². The van der Waals surface area contributed by atoms with Crippen LogP contribution in [0, 0.1) is 12.3 Å². The molecule has 9 nitrogen and oxygen atoms in total. The molecule has 2 fully saturated rings. The SMILES string of the molecule is COC(=O)c1ccc([C@@H]2CC3(CCN2Cc2c(OC)cc(C)c4c2ccn4C(=O)OC(C)(C)C)CC3)c(N(C)C)n1. The fourth-order valence-electron chi connectivity index (χ4n) is 6.18. The lowest BCUT2D eigenvalue weighted by atomic mass is 9.84. The second-order valence-corrected chi connectivity index (χ2v) is 12.7. The number of pyridine rings is 1. The first-order chi connectivity index (χ1) is 19.4. The Morgan fingerprint density at radius 2 is 1.85 bits per heavy atom. The second kappa shape index (κ2) is 10.7. The van der Waals surface area contributed by atoms with Gasteiger partial charge in [-0.2, -0.15) is 0 Å². The van der Waals surface area contributed by atoms with Crippen molar-refractivity contribution in [1.29, 1.82) is 0 Å². The van der Waals surface area contributed by atoms with Crippen molar-refractivity contribution >= 4 is 28.8 Å². The van der Waals surface area contributed by atoms with Crippen molar-refractivity contribution in [3.63, 3.8) is 0 Å². The first-order valence-electron chi connectivity index (χ1n) is 14.3. The molecule has 1 aromatic carbocycles. The molecule has 1 aliphatic carbocycles. The maximum atomic E-state index is 13.1. The number of piperidine rings is 1. The molecule has 0 bridgehead atoms. The highest BCUT2D eigenvalue weighted by Crippen LogP contribution is 2.59. The Hall–Kier alpha value is -3.59.